The van der Waals surface area contributed by atoms with E-state index in [9.17, 15) is 4.79 Å². The number of benzene rings is 3. The van der Waals surface area contributed by atoms with Gasteiger partial charge in [0.05, 0.1) is 19.4 Å². The molecule has 4 nitrogen and oxygen atoms in total. The molecular formula is C26H29NO3. The highest BCUT2D eigenvalue weighted by molar-refractivity contribution is 5.89. The summed E-state index contributed by atoms with van der Waals surface area (Å²) in [7, 11) is 1.41. The highest BCUT2D eigenvalue weighted by Gasteiger charge is 2.19. The van der Waals surface area contributed by atoms with Crippen molar-refractivity contribution in [3.8, 4) is 16.9 Å². The Morgan fingerprint density at radius 3 is 2.57 bits per heavy atom. The molecule has 156 valence electrons. The molecule has 0 amide bonds. The predicted octanol–water partition coefficient (Wildman–Crippen LogP) is 5.76. The fourth-order valence-corrected chi connectivity index (χ4v) is 4.32. The van der Waals surface area contributed by atoms with Crippen LogP contribution in [0.1, 0.15) is 37.7 Å². The number of nitrogens with two attached hydrogens (primary N) is 1. The Kier molecular flexibility index (Phi) is 6.22. The molecule has 4 rings (SSSR count). The number of rotatable bonds is 7. The van der Waals surface area contributed by atoms with Gasteiger partial charge >= 0.3 is 5.97 Å². The second-order valence-electron chi connectivity index (χ2n) is 8.16. The minimum Gasteiger partial charge on any atom is -0.490 e. The van der Waals surface area contributed by atoms with Gasteiger partial charge in [0.2, 0.25) is 0 Å². The van der Waals surface area contributed by atoms with Crippen LogP contribution in [0.4, 0.5) is 5.69 Å². The number of carbonyl (C=O) groups is 1. The Balaban J connectivity index is 1.70. The van der Waals surface area contributed by atoms with Gasteiger partial charge in [0.25, 0.3) is 0 Å². The summed E-state index contributed by atoms with van der Waals surface area (Å²) < 4.78 is 11.1. The summed E-state index contributed by atoms with van der Waals surface area (Å²) in [5, 5.41) is 2.37. The molecule has 0 atom stereocenters. The number of nitrogen functional groups attached to an aromatic ring is 1. The molecule has 30 heavy (non-hydrogen) atoms. The van der Waals surface area contributed by atoms with E-state index < -0.39 is 0 Å². The molecule has 0 bridgehead atoms. The minimum absolute atomic E-state index is 0.220. The third-order valence-corrected chi connectivity index (χ3v) is 6.02. The second kappa shape index (κ2) is 9.21. The molecule has 4 heteroatoms. The van der Waals surface area contributed by atoms with Crippen LogP contribution in [-0.4, -0.2) is 19.7 Å². The third-order valence-electron chi connectivity index (χ3n) is 6.02. The van der Waals surface area contributed by atoms with Crippen LogP contribution in [0.5, 0.6) is 5.75 Å². The van der Waals surface area contributed by atoms with Crippen LogP contribution in [0.15, 0.2) is 54.6 Å². The molecule has 0 saturated heterocycles. The zero-order valence-corrected chi connectivity index (χ0v) is 17.5. The van der Waals surface area contributed by atoms with Gasteiger partial charge in [-0.15, -0.1) is 0 Å². The van der Waals surface area contributed by atoms with Crippen LogP contribution in [0, 0.1) is 5.92 Å². The predicted molar refractivity (Wildman–Crippen MR) is 122 cm³/mol. The van der Waals surface area contributed by atoms with E-state index in [0.717, 1.165) is 22.4 Å². The lowest BCUT2D eigenvalue weighted by molar-refractivity contribution is -0.140. The summed E-state index contributed by atoms with van der Waals surface area (Å²) in [6.07, 6.45) is 5.93. The van der Waals surface area contributed by atoms with Crippen molar-refractivity contribution in [3.63, 3.8) is 0 Å². The maximum absolute atomic E-state index is 11.6. The zero-order valence-electron chi connectivity index (χ0n) is 17.5. The van der Waals surface area contributed by atoms with Crippen molar-refractivity contribution in [2.75, 3.05) is 19.5 Å². The second-order valence-corrected chi connectivity index (χ2v) is 8.16. The average Bonchev–Trinajstić information content (AvgIpc) is 3.29. The van der Waals surface area contributed by atoms with Crippen molar-refractivity contribution in [1.82, 2.24) is 0 Å². The number of methoxy groups -OCH3 is 1. The molecule has 0 aromatic heterocycles. The number of anilines is 1. The normalized spacial score (nSPS) is 14.2. The summed E-state index contributed by atoms with van der Waals surface area (Å²) in [5.74, 6) is 1.13. The highest BCUT2D eigenvalue weighted by Crippen LogP contribution is 2.39. The van der Waals surface area contributed by atoms with Crippen molar-refractivity contribution in [3.05, 3.63) is 60.2 Å². The Labute approximate surface area is 178 Å². The fraction of sp³-hybridized carbons (Fsp3) is 0.346. The number of aryl methyl sites for hydroxylation is 1. The number of hydrogen-bond acceptors (Lipinski definition) is 4. The third kappa shape index (κ3) is 4.59. The van der Waals surface area contributed by atoms with Crippen LogP contribution in [0.25, 0.3) is 21.9 Å². The van der Waals surface area contributed by atoms with Crippen LogP contribution < -0.4 is 10.5 Å². The lowest BCUT2D eigenvalue weighted by atomic mass is 9.96. The van der Waals surface area contributed by atoms with E-state index in [2.05, 4.69) is 36.4 Å². The molecule has 3 aromatic carbocycles. The average molecular weight is 404 g/mol. The smallest absolute Gasteiger partial charge is 0.305 e. The van der Waals surface area contributed by atoms with Gasteiger partial charge in [0.1, 0.15) is 5.75 Å². The van der Waals surface area contributed by atoms with Crippen molar-refractivity contribution < 1.29 is 14.3 Å². The van der Waals surface area contributed by atoms with Crippen molar-refractivity contribution in [2.45, 2.75) is 38.5 Å². The lowest BCUT2D eigenvalue weighted by Crippen LogP contribution is -2.10. The molecule has 0 radical (unpaired) electrons. The summed E-state index contributed by atoms with van der Waals surface area (Å²) in [4.78, 5) is 11.6. The van der Waals surface area contributed by atoms with Crippen LogP contribution in [0.2, 0.25) is 0 Å². The number of esters is 1. The first kappa shape index (κ1) is 20.3. The van der Waals surface area contributed by atoms with Gasteiger partial charge in [0.15, 0.2) is 0 Å². The van der Waals surface area contributed by atoms with Gasteiger partial charge in [0, 0.05) is 12.0 Å². The van der Waals surface area contributed by atoms with Gasteiger partial charge < -0.3 is 15.2 Å². The van der Waals surface area contributed by atoms with Crippen LogP contribution in [0.3, 0.4) is 0 Å². The standard InChI is InChI=1S/C26H29NO3/c1-29-25(28)13-10-19-14-23(22-12-11-20-8-4-5-9-21(20)16-22)26(24(27)15-19)30-17-18-6-2-3-7-18/h4-5,8-9,11-12,14-16,18H,2-3,6-7,10,13,17,27H2,1H3. The van der Waals surface area contributed by atoms with Crippen molar-refractivity contribution >= 4 is 22.4 Å². The molecular weight excluding hydrogens is 374 g/mol. The van der Waals surface area contributed by atoms with E-state index in [-0.39, 0.29) is 5.97 Å². The maximum atomic E-state index is 11.6. The van der Waals surface area contributed by atoms with Crippen molar-refractivity contribution in [1.29, 1.82) is 0 Å². The topological polar surface area (TPSA) is 61.5 Å². The van der Waals surface area contributed by atoms with Gasteiger partial charge in [-0.1, -0.05) is 49.2 Å². The van der Waals surface area contributed by atoms with E-state index >= 15 is 0 Å². The zero-order chi connectivity index (χ0) is 20.9. The Hall–Kier alpha value is -3.01. The van der Waals surface area contributed by atoms with Crippen molar-refractivity contribution in [2.24, 2.45) is 5.92 Å². The summed E-state index contributed by atoms with van der Waals surface area (Å²) in [6, 6.07) is 18.8. The minimum atomic E-state index is -0.220. The highest BCUT2D eigenvalue weighted by atomic mass is 16.5. The molecule has 0 aliphatic heterocycles. The summed E-state index contributed by atoms with van der Waals surface area (Å²) in [5.41, 5.74) is 10.1. The summed E-state index contributed by atoms with van der Waals surface area (Å²) >= 11 is 0. The van der Waals surface area contributed by atoms with E-state index in [1.165, 1.54) is 43.6 Å². The van der Waals surface area contributed by atoms with Gasteiger partial charge in [-0.2, -0.15) is 0 Å². The molecule has 1 saturated carbocycles. The van der Waals surface area contributed by atoms with Crippen LogP contribution in [-0.2, 0) is 16.0 Å². The first-order chi connectivity index (χ1) is 14.6. The Morgan fingerprint density at radius 2 is 1.80 bits per heavy atom. The first-order valence-corrected chi connectivity index (χ1v) is 10.7. The lowest BCUT2D eigenvalue weighted by Gasteiger charge is -2.19. The monoisotopic (exact) mass is 403 g/mol. The summed E-state index contributed by atoms with van der Waals surface area (Å²) in [6.45, 7) is 0.701. The number of ether oxygens (including phenoxy) is 2. The fourth-order valence-electron chi connectivity index (χ4n) is 4.32. The van der Waals surface area contributed by atoms with Gasteiger partial charge in [-0.3, -0.25) is 4.79 Å². The first-order valence-electron chi connectivity index (χ1n) is 10.7. The van der Waals surface area contributed by atoms with E-state index in [4.69, 9.17) is 15.2 Å². The van der Waals surface area contributed by atoms with Gasteiger partial charge in [-0.25, -0.2) is 0 Å². The van der Waals surface area contributed by atoms with Crippen LogP contribution >= 0.6 is 0 Å². The van der Waals surface area contributed by atoms with Gasteiger partial charge in [-0.05, 0) is 65.3 Å². The molecule has 0 unspecified atom stereocenters. The molecule has 1 aliphatic carbocycles. The molecule has 0 spiro atoms. The number of carbonyl (C=O) groups excluding carboxylic acids is 1. The number of fused-ring (bicyclic) bond motifs is 1. The molecule has 2 N–H and O–H groups in total. The quantitative estimate of drug-likeness (QED) is 0.402. The molecule has 0 heterocycles. The Bertz CT molecular complexity index is 1040. The largest absolute Gasteiger partial charge is 0.490 e. The van der Waals surface area contributed by atoms with E-state index in [0.29, 0.717) is 31.1 Å². The molecule has 1 fully saturated rings. The SMILES string of the molecule is COC(=O)CCc1cc(N)c(OCC2CCCC2)c(-c2ccc3ccccc3c2)c1. The number of hydrogen-bond donors (Lipinski definition) is 1. The molecule has 3 aromatic rings. The maximum Gasteiger partial charge on any atom is 0.305 e. The Morgan fingerprint density at radius 1 is 1.03 bits per heavy atom. The molecule has 1 aliphatic rings. The van der Waals surface area contributed by atoms with E-state index in [1.54, 1.807) is 0 Å². The van der Waals surface area contributed by atoms with E-state index in [1.807, 2.05) is 18.2 Å².